The Labute approximate surface area is 178 Å². The Balaban J connectivity index is 1.80. The van der Waals surface area contributed by atoms with Crippen LogP contribution < -0.4 is 10.2 Å². The summed E-state index contributed by atoms with van der Waals surface area (Å²) in [6.07, 6.45) is 0. The predicted octanol–water partition coefficient (Wildman–Crippen LogP) is 3.00. The Morgan fingerprint density at radius 1 is 1.17 bits per heavy atom. The maximum absolute atomic E-state index is 13.4. The lowest BCUT2D eigenvalue weighted by molar-refractivity contribution is -0.890. The molecule has 6 nitrogen and oxygen atoms in total. The van der Waals surface area contributed by atoms with Gasteiger partial charge in [0, 0.05) is 16.4 Å². The number of anilines is 1. The standard InChI is InChI=1S/C20H21ClFN5OS/c1-13(26(2)3)19-24-25-20(27(19)17-10-6-15(22)7-11-17)29-12-18(28)23-16-8-4-14(21)5-9-16/h4-11,13H,12H2,1-3H3,(H,23,28)/p+1. The van der Waals surface area contributed by atoms with Crippen LogP contribution in [0.5, 0.6) is 0 Å². The first-order valence-corrected chi connectivity index (χ1v) is 10.4. The van der Waals surface area contributed by atoms with Gasteiger partial charge in [0.1, 0.15) is 11.9 Å². The van der Waals surface area contributed by atoms with Gasteiger partial charge in [-0.3, -0.25) is 9.36 Å². The van der Waals surface area contributed by atoms with Gasteiger partial charge in [0.05, 0.1) is 19.8 Å². The summed E-state index contributed by atoms with van der Waals surface area (Å²) in [5.74, 6) is 0.424. The van der Waals surface area contributed by atoms with Crippen LogP contribution in [0.3, 0.4) is 0 Å². The van der Waals surface area contributed by atoms with E-state index in [1.165, 1.54) is 28.8 Å². The number of quaternary nitrogens is 1. The number of aromatic nitrogens is 3. The summed E-state index contributed by atoms with van der Waals surface area (Å²) in [5, 5.41) is 12.6. The molecular weight excluding hydrogens is 413 g/mol. The van der Waals surface area contributed by atoms with Crippen molar-refractivity contribution in [3.8, 4) is 5.69 Å². The van der Waals surface area contributed by atoms with Crippen molar-refractivity contribution in [3.05, 3.63) is 65.2 Å². The summed E-state index contributed by atoms with van der Waals surface area (Å²) < 4.78 is 15.3. The number of rotatable bonds is 7. The minimum Gasteiger partial charge on any atom is -0.331 e. The lowest BCUT2D eigenvalue weighted by atomic mass is 10.2. The number of benzene rings is 2. The molecule has 1 amide bonds. The highest BCUT2D eigenvalue weighted by Gasteiger charge is 2.23. The Bertz CT molecular complexity index is 976. The predicted molar refractivity (Wildman–Crippen MR) is 113 cm³/mol. The first kappa shape index (κ1) is 21.3. The molecule has 2 aromatic carbocycles. The van der Waals surface area contributed by atoms with E-state index in [0.717, 1.165) is 11.5 Å². The number of amides is 1. The van der Waals surface area contributed by atoms with E-state index in [-0.39, 0.29) is 23.5 Å². The molecule has 1 unspecified atom stereocenters. The molecule has 0 radical (unpaired) electrons. The van der Waals surface area contributed by atoms with Crippen molar-refractivity contribution >= 4 is 35.0 Å². The average Bonchev–Trinajstić information content (AvgIpc) is 3.12. The van der Waals surface area contributed by atoms with E-state index in [1.54, 1.807) is 36.4 Å². The zero-order valence-electron chi connectivity index (χ0n) is 16.3. The topological polar surface area (TPSA) is 64.2 Å². The maximum Gasteiger partial charge on any atom is 0.234 e. The smallest absolute Gasteiger partial charge is 0.234 e. The fourth-order valence-corrected chi connectivity index (χ4v) is 3.49. The average molecular weight is 435 g/mol. The van der Waals surface area contributed by atoms with Crippen LogP contribution >= 0.6 is 23.4 Å². The van der Waals surface area contributed by atoms with E-state index >= 15 is 0 Å². The molecule has 1 atom stereocenters. The van der Waals surface area contributed by atoms with Gasteiger partial charge in [-0.05, 0) is 55.5 Å². The Kier molecular flexibility index (Phi) is 6.89. The molecule has 0 fully saturated rings. The van der Waals surface area contributed by atoms with Crippen LogP contribution in [0.1, 0.15) is 18.8 Å². The fourth-order valence-electron chi connectivity index (χ4n) is 2.61. The molecular formula is C20H22ClFN5OS+. The largest absolute Gasteiger partial charge is 0.331 e. The third kappa shape index (κ3) is 5.35. The van der Waals surface area contributed by atoms with Crippen LogP contribution in [0.25, 0.3) is 5.69 Å². The SMILES string of the molecule is CC(c1nnc(SCC(=O)Nc2ccc(Cl)cc2)n1-c1ccc(F)cc1)[NH+](C)C. The van der Waals surface area contributed by atoms with Crippen molar-refractivity contribution in [2.45, 2.75) is 18.1 Å². The summed E-state index contributed by atoms with van der Waals surface area (Å²) in [5.41, 5.74) is 1.42. The van der Waals surface area contributed by atoms with Gasteiger partial charge in [-0.25, -0.2) is 4.39 Å². The first-order valence-electron chi connectivity index (χ1n) is 9.04. The van der Waals surface area contributed by atoms with Crippen molar-refractivity contribution < 1.29 is 14.1 Å². The summed E-state index contributed by atoms with van der Waals surface area (Å²) in [6, 6.07) is 13.1. The molecule has 3 rings (SSSR count). The van der Waals surface area contributed by atoms with Crippen LogP contribution in [-0.4, -0.2) is 40.5 Å². The lowest BCUT2D eigenvalue weighted by Crippen LogP contribution is -3.05. The van der Waals surface area contributed by atoms with Crippen molar-refractivity contribution in [2.75, 3.05) is 25.2 Å². The highest BCUT2D eigenvalue weighted by molar-refractivity contribution is 7.99. The number of nitrogens with zero attached hydrogens (tertiary/aromatic N) is 3. The lowest BCUT2D eigenvalue weighted by Gasteiger charge is -2.18. The zero-order chi connectivity index (χ0) is 21.0. The van der Waals surface area contributed by atoms with Crippen LogP contribution in [0.2, 0.25) is 5.02 Å². The third-order valence-electron chi connectivity index (χ3n) is 4.46. The number of hydrogen-bond acceptors (Lipinski definition) is 4. The summed E-state index contributed by atoms with van der Waals surface area (Å²) >= 11 is 7.14. The van der Waals surface area contributed by atoms with Crippen molar-refractivity contribution in [3.63, 3.8) is 0 Å². The normalized spacial score (nSPS) is 12.2. The number of carbonyl (C=O) groups is 1. The second kappa shape index (κ2) is 9.39. The molecule has 3 aromatic rings. The van der Waals surface area contributed by atoms with Gasteiger partial charge < -0.3 is 10.2 Å². The van der Waals surface area contributed by atoms with Crippen LogP contribution in [0.15, 0.2) is 53.7 Å². The molecule has 0 saturated carbocycles. The molecule has 152 valence electrons. The quantitative estimate of drug-likeness (QED) is 0.561. The van der Waals surface area contributed by atoms with Crippen molar-refractivity contribution in [1.29, 1.82) is 0 Å². The first-order chi connectivity index (χ1) is 13.8. The molecule has 0 aliphatic carbocycles. The monoisotopic (exact) mass is 434 g/mol. The molecule has 1 aromatic heterocycles. The Hall–Kier alpha value is -2.42. The van der Waals surface area contributed by atoms with Gasteiger partial charge in [-0.1, -0.05) is 23.4 Å². The fraction of sp³-hybridized carbons (Fsp3) is 0.250. The summed E-state index contributed by atoms with van der Waals surface area (Å²) in [7, 11) is 4.06. The number of thioether (sulfide) groups is 1. The van der Waals surface area contributed by atoms with Gasteiger partial charge in [-0.2, -0.15) is 0 Å². The van der Waals surface area contributed by atoms with Gasteiger partial charge in [0.15, 0.2) is 11.0 Å². The van der Waals surface area contributed by atoms with Gasteiger partial charge in [0.25, 0.3) is 0 Å². The van der Waals surface area contributed by atoms with Gasteiger partial charge >= 0.3 is 0 Å². The Morgan fingerprint density at radius 3 is 2.45 bits per heavy atom. The highest BCUT2D eigenvalue weighted by atomic mass is 35.5. The molecule has 0 aliphatic rings. The number of hydrogen-bond donors (Lipinski definition) is 2. The van der Waals surface area contributed by atoms with Crippen LogP contribution in [0, 0.1) is 5.82 Å². The zero-order valence-corrected chi connectivity index (χ0v) is 17.9. The number of carbonyl (C=O) groups excluding carboxylic acids is 1. The van der Waals surface area contributed by atoms with Crippen LogP contribution in [-0.2, 0) is 4.79 Å². The van der Waals surface area contributed by atoms with E-state index in [4.69, 9.17) is 11.6 Å². The summed E-state index contributed by atoms with van der Waals surface area (Å²) in [4.78, 5) is 13.5. The van der Waals surface area contributed by atoms with Crippen LogP contribution in [0.4, 0.5) is 10.1 Å². The number of halogens is 2. The van der Waals surface area contributed by atoms with E-state index in [9.17, 15) is 9.18 Å². The molecule has 0 spiro atoms. The van der Waals surface area contributed by atoms with E-state index in [2.05, 4.69) is 15.5 Å². The molecule has 0 aliphatic heterocycles. The van der Waals surface area contributed by atoms with E-state index in [1.807, 2.05) is 25.6 Å². The van der Waals surface area contributed by atoms with Crippen molar-refractivity contribution in [2.24, 2.45) is 0 Å². The second-order valence-electron chi connectivity index (χ2n) is 6.80. The Morgan fingerprint density at radius 2 is 1.83 bits per heavy atom. The maximum atomic E-state index is 13.4. The second-order valence-corrected chi connectivity index (χ2v) is 8.17. The molecule has 29 heavy (non-hydrogen) atoms. The molecule has 2 N–H and O–H groups in total. The van der Waals surface area contributed by atoms with E-state index < -0.39 is 0 Å². The molecule has 9 heteroatoms. The van der Waals surface area contributed by atoms with Crippen molar-refractivity contribution in [1.82, 2.24) is 14.8 Å². The van der Waals surface area contributed by atoms with Gasteiger partial charge in [-0.15, -0.1) is 10.2 Å². The minimum atomic E-state index is -0.314. The molecule has 0 saturated heterocycles. The molecule has 0 bridgehead atoms. The van der Waals surface area contributed by atoms with E-state index in [0.29, 0.717) is 15.9 Å². The molecule has 1 heterocycles. The summed E-state index contributed by atoms with van der Waals surface area (Å²) in [6.45, 7) is 2.04. The number of nitrogens with one attached hydrogen (secondary N) is 2. The minimum absolute atomic E-state index is 0.0600. The third-order valence-corrected chi connectivity index (χ3v) is 5.64. The highest BCUT2D eigenvalue weighted by Crippen LogP contribution is 2.25. The van der Waals surface area contributed by atoms with Gasteiger partial charge in [0.2, 0.25) is 5.91 Å².